The Labute approximate surface area is 127 Å². The van der Waals surface area contributed by atoms with Crippen molar-refractivity contribution in [3.8, 4) is 11.3 Å². The van der Waals surface area contributed by atoms with E-state index < -0.39 is 0 Å². The highest BCUT2D eigenvalue weighted by molar-refractivity contribution is 9.10. The maximum Gasteiger partial charge on any atom is 0.139 e. The van der Waals surface area contributed by atoms with Gasteiger partial charge in [0, 0.05) is 20.2 Å². The van der Waals surface area contributed by atoms with Gasteiger partial charge in [0.2, 0.25) is 0 Å². The Morgan fingerprint density at radius 1 is 1.05 bits per heavy atom. The molecule has 0 amide bonds. The van der Waals surface area contributed by atoms with E-state index in [-0.39, 0.29) is 0 Å². The molecular weight excluding hydrogens is 370 g/mol. The third-order valence-electron chi connectivity index (χ3n) is 3.12. The standard InChI is InChI=1S/C14H11Br2N3/c1-8-11(16)6-7-12-18-13(14(17)19(8)12)9-2-4-10(15)5-3-9/h2-7H,17H2,1H3. The van der Waals surface area contributed by atoms with Crippen LogP contribution < -0.4 is 5.73 Å². The van der Waals surface area contributed by atoms with Crippen LogP contribution in [0.3, 0.4) is 0 Å². The van der Waals surface area contributed by atoms with Crippen LogP contribution in [0.5, 0.6) is 0 Å². The molecule has 0 unspecified atom stereocenters. The first-order valence-electron chi connectivity index (χ1n) is 5.77. The summed E-state index contributed by atoms with van der Waals surface area (Å²) in [6.07, 6.45) is 0. The number of imidazole rings is 1. The highest BCUT2D eigenvalue weighted by Gasteiger charge is 2.13. The number of nitrogen functional groups attached to an aromatic ring is 1. The average molecular weight is 381 g/mol. The van der Waals surface area contributed by atoms with E-state index in [0.717, 1.165) is 31.5 Å². The maximum atomic E-state index is 6.25. The molecule has 0 fully saturated rings. The van der Waals surface area contributed by atoms with Crippen molar-refractivity contribution in [1.82, 2.24) is 9.38 Å². The van der Waals surface area contributed by atoms with Gasteiger partial charge in [-0.25, -0.2) is 4.98 Å². The zero-order chi connectivity index (χ0) is 13.6. The molecule has 19 heavy (non-hydrogen) atoms. The molecule has 0 aliphatic heterocycles. The Kier molecular flexibility index (Phi) is 3.11. The molecule has 0 saturated carbocycles. The normalized spacial score (nSPS) is 11.1. The monoisotopic (exact) mass is 379 g/mol. The van der Waals surface area contributed by atoms with Gasteiger partial charge in [-0.3, -0.25) is 4.40 Å². The second-order valence-electron chi connectivity index (χ2n) is 4.31. The van der Waals surface area contributed by atoms with Crippen molar-refractivity contribution < 1.29 is 0 Å². The van der Waals surface area contributed by atoms with Crippen molar-refractivity contribution in [2.45, 2.75) is 6.92 Å². The number of hydrogen-bond donors (Lipinski definition) is 1. The molecule has 3 nitrogen and oxygen atoms in total. The Balaban J connectivity index is 2.28. The molecule has 3 aromatic rings. The lowest BCUT2D eigenvalue weighted by molar-refractivity contribution is 1.09. The molecule has 2 heterocycles. The number of hydrogen-bond acceptors (Lipinski definition) is 2. The van der Waals surface area contributed by atoms with Gasteiger partial charge in [0.1, 0.15) is 17.2 Å². The fourth-order valence-electron chi connectivity index (χ4n) is 2.11. The van der Waals surface area contributed by atoms with E-state index in [1.54, 1.807) is 0 Å². The molecule has 0 spiro atoms. The number of nitrogens with two attached hydrogens (primary N) is 1. The van der Waals surface area contributed by atoms with E-state index >= 15 is 0 Å². The van der Waals surface area contributed by atoms with Crippen molar-refractivity contribution >= 4 is 43.3 Å². The fourth-order valence-corrected chi connectivity index (χ4v) is 2.68. The van der Waals surface area contributed by atoms with Gasteiger partial charge in [-0.15, -0.1) is 0 Å². The zero-order valence-electron chi connectivity index (χ0n) is 10.2. The molecule has 0 aliphatic rings. The number of aromatic nitrogens is 2. The maximum absolute atomic E-state index is 6.25. The Morgan fingerprint density at radius 3 is 2.42 bits per heavy atom. The van der Waals surface area contributed by atoms with Crippen LogP contribution in [0.15, 0.2) is 45.3 Å². The van der Waals surface area contributed by atoms with Gasteiger partial charge < -0.3 is 5.73 Å². The number of nitrogens with zero attached hydrogens (tertiary/aromatic N) is 2. The smallest absolute Gasteiger partial charge is 0.139 e. The molecular formula is C14H11Br2N3. The highest BCUT2D eigenvalue weighted by Crippen LogP contribution is 2.30. The summed E-state index contributed by atoms with van der Waals surface area (Å²) >= 11 is 6.94. The lowest BCUT2D eigenvalue weighted by Crippen LogP contribution is -1.98. The summed E-state index contributed by atoms with van der Waals surface area (Å²) in [5, 5.41) is 0. The largest absolute Gasteiger partial charge is 0.383 e. The Hall–Kier alpha value is -1.33. The van der Waals surface area contributed by atoms with Crippen LogP contribution in [-0.2, 0) is 0 Å². The third-order valence-corrected chi connectivity index (χ3v) is 4.48. The van der Waals surface area contributed by atoms with Gasteiger partial charge in [0.05, 0.1) is 0 Å². The van der Waals surface area contributed by atoms with Crippen LogP contribution in [-0.4, -0.2) is 9.38 Å². The molecule has 0 saturated heterocycles. The zero-order valence-corrected chi connectivity index (χ0v) is 13.4. The van der Waals surface area contributed by atoms with Gasteiger partial charge in [-0.1, -0.05) is 28.1 Å². The minimum atomic E-state index is 0.663. The second kappa shape index (κ2) is 4.65. The van der Waals surface area contributed by atoms with Crippen molar-refractivity contribution in [1.29, 1.82) is 0 Å². The van der Waals surface area contributed by atoms with Crippen LogP contribution in [0.1, 0.15) is 5.69 Å². The van der Waals surface area contributed by atoms with Crippen molar-refractivity contribution in [2.24, 2.45) is 0 Å². The highest BCUT2D eigenvalue weighted by atomic mass is 79.9. The van der Waals surface area contributed by atoms with Gasteiger partial charge in [0.15, 0.2) is 0 Å². The van der Waals surface area contributed by atoms with Crippen molar-refractivity contribution in [2.75, 3.05) is 5.73 Å². The van der Waals surface area contributed by atoms with E-state index in [1.807, 2.05) is 47.7 Å². The minimum Gasteiger partial charge on any atom is -0.383 e. The number of aryl methyl sites for hydroxylation is 1. The van der Waals surface area contributed by atoms with E-state index in [2.05, 4.69) is 36.8 Å². The average Bonchev–Trinajstić information content (AvgIpc) is 2.73. The van der Waals surface area contributed by atoms with Crippen LogP contribution >= 0.6 is 31.9 Å². The molecule has 5 heteroatoms. The molecule has 3 rings (SSSR count). The second-order valence-corrected chi connectivity index (χ2v) is 6.08. The first kappa shape index (κ1) is 12.7. The Morgan fingerprint density at radius 2 is 1.74 bits per heavy atom. The molecule has 0 bridgehead atoms. The number of benzene rings is 1. The van der Waals surface area contributed by atoms with E-state index in [4.69, 9.17) is 5.73 Å². The number of rotatable bonds is 1. The van der Waals surface area contributed by atoms with Crippen molar-refractivity contribution in [3.05, 3.63) is 51.0 Å². The van der Waals surface area contributed by atoms with Gasteiger partial charge in [-0.05, 0) is 47.1 Å². The van der Waals surface area contributed by atoms with Gasteiger partial charge >= 0.3 is 0 Å². The summed E-state index contributed by atoms with van der Waals surface area (Å²) in [5.74, 6) is 0.663. The number of halogens is 2. The number of fused-ring (bicyclic) bond motifs is 1. The summed E-state index contributed by atoms with van der Waals surface area (Å²) in [5.41, 5.74) is 9.98. The molecule has 0 aliphatic carbocycles. The first-order chi connectivity index (χ1) is 9.08. The van der Waals surface area contributed by atoms with Gasteiger partial charge in [-0.2, -0.15) is 0 Å². The fraction of sp³-hybridized carbons (Fsp3) is 0.0714. The summed E-state index contributed by atoms with van der Waals surface area (Å²) in [4.78, 5) is 4.62. The van der Waals surface area contributed by atoms with E-state index in [0.29, 0.717) is 5.82 Å². The lowest BCUT2D eigenvalue weighted by atomic mass is 10.1. The quantitative estimate of drug-likeness (QED) is 0.679. The summed E-state index contributed by atoms with van der Waals surface area (Å²) in [7, 11) is 0. The van der Waals surface area contributed by atoms with Crippen LogP contribution in [0.25, 0.3) is 16.9 Å². The minimum absolute atomic E-state index is 0.663. The van der Waals surface area contributed by atoms with E-state index in [9.17, 15) is 0 Å². The number of anilines is 1. The summed E-state index contributed by atoms with van der Waals surface area (Å²) < 4.78 is 4.02. The van der Waals surface area contributed by atoms with Gasteiger partial charge in [0.25, 0.3) is 0 Å². The summed E-state index contributed by atoms with van der Waals surface area (Å²) in [6, 6.07) is 11.9. The SMILES string of the molecule is Cc1c(Br)ccc2nc(-c3ccc(Br)cc3)c(N)n12. The molecule has 0 atom stereocenters. The first-order valence-corrected chi connectivity index (χ1v) is 7.35. The van der Waals surface area contributed by atoms with E-state index in [1.165, 1.54) is 0 Å². The lowest BCUT2D eigenvalue weighted by Gasteiger charge is -2.04. The van der Waals surface area contributed by atoms with Crippen LogP contribution in [0, 0.1) is 6.92 Å². The summed E-state index contributed by atoms with van der Waals surface area (Å²) in [6.45, 7) is 2.01. The molecule has 0 radical (unpaired) electrons. The van der Waals surface area contributed by atoms with Crippen molar-refractivity contribution in [3.63, 3.8) is 0 Å². The molecule has 1 aromatic carbocycles. The predicted octanol–water partition coefficient (Wildman–Crippen LogP) is 4.42. The Bertz CT molecular complexity index is 760. The number of pyridine rings is 1. The molecule has 96 valence electrons. The molecule has 2 aromatic heterocycles. The molecule has 2 N–H and O–H groups in total. The van der Waals surface area contributed by atoms with Crippen LogP contribution in [0.2, 0.25) is 0 Å². The third kappa shape index (κ3) is 2.07. The predicted molar refractivity (Wildman–Crippen MR) is 85.2 cm³/mol. The topological polar surface area (TPSA) is 43.3 Å². The van der Waals surface area contributed by atoms with Crippen LogP contribution in [0.4, 0.5) is 5.82 Å².